The lowest BCUT2D eigenvalue weighted by atomic mass is 10.2. The topological polar surface area (TPSA) is 46.4 Å². The summed E-state index contributed by atoms with van der Waals surface area (Å²) in [4.78, 5) is 4.94. The van der Waals surface area contributed by atoms with Crippen LogP contribution < -0.4 is 0 Å². The maximum atomic E-state index is 5.75. The van der Waals surface area contributed by atoms with Gasteiger partial charge in [-0.3, -0.25) is 9.80 Å². The predicted octanol–water partition coefficient (Wildman–Crippen LogP) is 1.06. The molecule has 22 heavy (non-hydrogen) atoms. The lowest BCUT2D eigenvalue weighted by Gasteiger charge is -2.24. The summed E-state index contributed by atoms with van der Waals surface area (Å²) < 4.78 is 7.83. The summed E-state index contributed by atoms with van der Waals surface area (Å²) in [5, 5.41) is 8.41. The van der Waals surface area contributed by atoms with Gasteiger partial charge in [0.25, 0.3) is 0 Å². The van der Waals surface area contributed by atoms with Crippen molar-refractivity contribution in [2.75, 3.05) is 39.9 Å². The molecule has 0 amide bonds. The van der Waals surface area contributed by atoms with Crippen LogP contribution in [0.15, 0.2) is 0 Å². The largest absolute Gasteiger partial charge is 0.380 e. The van der Waals surface area contributed by atoms with Gasteiger partial charge in [-0.2, -0.15) is 0 Å². The van der Waals surface area contributed by atoms with Crippen LogP contribution in [0.5, 0.6) is 0 Å². The van der Waals surface area contributed by atoms with E-state index in [0.29, 0.717) is 6.04 Å². The molecule has 2 heterocycles. The molecule has 0 bridgehead atoms. The summed E-state index contributed by atoms with van der Waals surface area (Å²) in [6.45, 7) is 8.11. The highest BCUT2D eigenvalue weighted by molar-refractivity contribution is 4.94. The van der Waals surface area contributed by atoms with Crippen LogP contribution in [0.2, 0.25) is 0 Å². The first-order valence-electron chi connectivity index (χ1n) is 8.48. The molecule has 6 nitrogen and oxygen atoms in total. The Bertz CT molecular complexity index is 485. The Balaban J connectivity index is 1.38. The molecule has 1 aromatic heterocycles. The third-order valence-corrected chi connectivity index (χ3v) is 5.05. The Morgan fingerprint density at radius 1 is 1.27 bits per heavy atom. The number of hydrogen-bond acceptors (Lipinski definition) is 5. The number of hydrogen-bond donors (Lipinski definition) is 0. The van der Waals surface area contributed by atoms with E-state index in [4.69, 9.17) is 4.74 Å². The number of nitrogens with zero attached hydrogens (tertiary/aromatic N) is 5. The predicted molar refractivity (Wildman–Crippen MR) is 85.6 cm³/mol. The first-order valence-corrected chi connectivity index (χ1v) is 8.48. The smallest absolute Gasteiger partial charge is 0.146 e. The number of likely N-dealkylation sites (tertiary alicyclic amines) is 1. The van der Waals surface area contributed by atoms with Crippen molar-refractivity contribution in [1.82, 2.24) is 24.6 Å². The number of aryl methyl sites for hydroxylation is 1. The second-order valence-electron chi connectivity index (χ2n) is 6.90. The van der Waals surface area contributed by atoms with E-state index >= 15 is 0 Å². The lowest BCUT2D eigenvalue weighted by molar-refractivity contribution is 0.100. The van der Waals surface area contributed by atoms with Crippen molar-refractivity contribution >= 4 is 0 Å². The summed E-state index contributed by atoms with van der Waals surface area (Å²) in [7, 11) is 4.23. The fourth-order valence-corrected chi connectivity index (χ4v) is 3.04. The van der Waals surface area contributed by atoms with Crippen molar-refractivity contribution in [3.8, 4) is 0 Å². The molecule has 0 radical (unpaired) electrons. The first-order chi connectivity index (χ1) is 10.6. The van der Waals surface area contributed by atoms with Crippen molar-refractivity contribution in [2.24, 2.45) is 13.0 Å². The van der Waals surface area contributed by atoms with Gasteiger partial charge in [-0.05, 0) is 45.7 Å². The molecule has 0 aromatic carbocycles. The SMILES string of the molecule is Cc1nnc(CN(C)C2CCN(CCOCC3CC3)C2)n1C. The summed E-state index contributed by atoms with van der Waals surface area (Å²) in [5.74, 6) is 2.89. The van der Waals surface area contributed by atoms with E-state index in [9.17, 15) is 0 Å². The molecule has 6 heteroatoms. The van der Waals surface area contributed by atoms with Crippen molar-refractivity contribution in [3.05, 3.63) is 11.6 Å². The fraction of sp³-hybridized carbons (Fsp3) is 0.875. The Kier molecular flexibility index (Phi) is 5.10. The van der Waals surface area contributed by atoms with E-state index in [1.54, 1.807) is 0 Å². The monoisotopic (exact) mass is 307 g/mol. The molecule has 0 spiro atoms. The van der Waals surface area contributed by atoms with Crippen LogP contribution in [0.1, 0.15) is 30.9 Å². The average molecular weight is 307 g/mol. The van der Waals surface area contributed by atoms with E-state index < -0.39 is 0 Å². The molecular formula is C16H29N5O. The highest BCUT2D eigenvalue weighted by Crippen LogP contribution is 2.28. The van der Waals surface area contributed by atoms with Crippen LogP contribution in [0.4, 0.5) is 0 Å². The molecule has 1 atom stereocenters. The number of rotatable bonds is 8. The third kappa shape index (κ3) is 4.06. The summed E-state index contributed by atoms with van der Waals surface area (Å²) in [5.41, 5.74) is 0. The number of ether oxygens (including phenoxy) is 1. The minimum Gasteiger partial charge on any atom is -0.380 e. The van der Waals surface area contributed by atoms with Gasteiger partial charge in [0.15, 0.2) is 0 Å². The Hall–Kier alpha value is -0.980. The summed E-state index contributed by atoms with van der Waals surface area (Å²) >= 11 is 0. The van der Waals surface area contributed by atoms with Gasteiger partial charge in [-0.15, -0.1) is 10.2 Å². The number of likely N-dealkylation sites (N-methyl/N-ethyl adjacent to an activating group) is 1. The van der Waals surface area contributed by atoms with Gasteiger partial charge in [0, 0.05) is 32.8 Å². The molecule has 3 rings (SSSR count). The average Bonchev–Trinajstić information content (AvgIpc) is 3.13. The van der Waals surface area contributed by atoms with Gasteiger partial charge >= 0.3 is 0 Å². The van der Waals surface area contributed by atoms with Gasteiger partial charge in [0.05, 0.1) is 13.2 Å². The molecule has 0 N–H and O–H groups in total. The van der Waals surface area contributed by atoms with Crippen LogP contribution >= 0.6 is 0 Å². The van der Waals surface area contributed by atoms with Gasteiger partial charge in [-0.25, -0.2) is 0 Å². The van der Waals surface area contributed by atoms with Crippen molar-refractivity contribution < 1.29 is 4.74 Å². The lowest BCUT2D eigenvalue weighted by Crippen LogP contribution is -2.35. The molecule has 1 unspecified atom stereocenters. The second kappa shape index (κ2) is 7.06. The zero-order valence-electron chi connectivity index (χ0n) is 14.2. The van der Waals surface area contributed by atoms with Gasteiger partial charge in [0.1, 0.15) is 11.6 Å². The summed E-state index contributed by atoms with van der Waals surface area (Å²) in [6, 6.07) is 0.612. The Morgan fingerprint density at radius 3 is 2.77 bits per heavy atom. The maximum absolute atomic E-state index is 5.75. The zero-order chi connectivity index (χ0) is 15.5. The van der Waals surface area contributed by atoms with Crippen LogP contribution in [-0.4, -0.2) is 70.5 Å². The molecule has 1 saturated heterocycles. The molecular weight excluding hydrogens is 278 g/mol. The molecule has 1 saturated carbocycles. The van der Waals surface area contributed by atoms with Crippen LogP contribution in [0, 0.1) is 12.8 Å². The van der Waals surface area contributed by atoms with Gasteiger partial charge in [-0.1, -0.05) is 0 Å². The minimum absolute atomic E-state index is 0.612. The van der Waals surface area contributed by atoms with E-state index in [1.807, 2.05) is 14.0 Å². The van der Waals surface area contributed by atoms with Crippen LogP contribution in [-0.2, 0) is 18.3 Å². The van der Waals surface area contributed by atoms with Crippen LogP contribution in [0.25, 0.3) is 0 Å². The number of aromatic nitrogens is 3. The Labute approximate surface area is 133 Å². The van der Waals surface area contributed by atoms with E-state index in [0.717, 1.165) is 50.4 Å². The normalized spacial score (nSPS) is 22.8. The maximum Gasteiger partial charge on any atom is 0.146 e. The van der Waals surface area contributed by atoms with Crippen molar-refractivity contribution in [3.63, 3.8) is 0 Å². The molecule has 124 valence electrons. The van der Waals surface area contributed by atoms with E-state index in [2.05, 4.69) is 31.6 Å². The molecule has 2 fully saturated rings. The molecule has 1 aliphatic heterocycles. The highest BCUT2D eigenvalue weighted by Gasteiger charge is 2.26. The molecule has 1 aliphatic carbocycles. The van der Waals surface area contributed by atoms with Crippen molar-refractivity contribution in [1.29, 1.82) is 0 Å². The fourth-order valence-electron chi connectivity index (χ4n) is 3.04. The van der Waals surface area contributed by atoms with Crippen LogP contribution in [0.3, 0.4) is 0 Å². The summed E-state index contributed by atoms with van der Waals surface area (Å²) in [6.07, 6.45) is 3.98. The molecule has 1 aromatic rings. The van der Waals surface area contributed by atoms with Gasteiger partial charge in [0.2, 0.25) is 0 Å². The Morgan fingerprint density at radius 2 is 2.09 bits per heavy atom. The quantitative estimate of drug-likeness (QED) is 0.672. The highest BCUT2D eigenvalue weighted by atomic mass is 16.5. The second-order valence-corrected chi connectivity index (χ2v) is 6.90. The van der Waals surface area contributed by atoms with Gasteiger partial charge < -0.3 is 9.30 Å². The standard InChI is InChI=1S/C16H29N5O/c1-13-17-18-16(20(13)3)11-19(2)15-6-7-21(10-15)8-9-22-12-14-4-5-14/h14-15H,4-12H2,1-3H3. The van der Waals surface area contributed by atoms with E-state index in [1.165, 1.54) is 25.8 Å². The van der Waals surface area contributed by atoms with E-state index in [-0.39, 0.29) is 0 Å². The third-order valence-electron chi connectivity index (χ3n) is 5.05. The zero-order valence-corrected chi connectivity index (χ0v) is 14.2. The van der Waals surface area contributed by atoms with Crippen molar-refractivity contribution in [2.45, 2.75) is 38.8 Å². The minimum atomic E-state index is 0.612. The molecule has 2 aliphatic rings. The first kappa shape index (κ1) is 15.9.